The number of benzene rings is 3. The van der Waals surface area contributed by atoms with Crippen molar-refractivity contribution in [3.63, 3.8) is 0 Å². The predicted octanol–water partition coefficient (Wildman–Crippen LogP) is 5.99. The van der Waals surface area contributed by atoms with Gasteiger partial charge in [-0.3, -0.25) is 9.36 Å². The van der Waals surface area contributed by atoms with E-state index in [4.69, 9.17) is 4.74 Å². The maximum atomic E-state index is 12.8. The van der Waals surface area contributed by atoms with E-state index >= 15 is 0 Å². The van der Waals surface area contributed by atoms with E-state index in [9.17, 15) is 4.79 Å². The molecule has 1 aromatic heterocycles. The van der Waals surface area contributed by atoms with Gasteiger partial charge in [-0.05, 0) is 30.2 Å². The number of thioether (sulfide) groups is 1. The van der Waals surface area contributed by atoms with Crippen LogP contribution in [0.5, 0.6) is 5.75 Å². The van der Waals surface area contributed by atoms with Crippen molar-refractivity contribution in [2.24, 2.45) is 0 Å². The lowest BCUT2D eigenvalue weighted by molar-refractivity contribution is 0.102. The van der Waals surface area contributed by atoms with E-state index in [0.717, 1.165) is 16.9 Å². The Labute approximate surface area is 198 Å². The van der Waals surface area contributed by atoms with Gasteiger partial charge in [0.15, 0.2) is 16.8 Å². The average molecular weight is 456 g/mol. The van der Waals surface area contributed by atoms with E-state index in [-0.39, 0.29) is 11.5 Å². The number of aromatic nitrogens is 3. The number of aryl methyl sites for hydroxylation is 1. The number of hydrogen-bond acceptors (Lipinski definition) is 5. The molecule has 0 spiro atoms. The third-order valence-corrected chi connectivity index (χ3v) is 6.11. The molecular formula is C27H25N3O2S. The van der Waals surface area contributed by atoms with Gasteiger partial charge < -0.3 is 4.74 Å². The molecule has 0 saturated carbocycles. The highest BCUT2D eigenvalue weighted by molar-refractivity contribution is 7.99. The minimum atomic E-state index is 0.0465. The molecule has 0 atom stereocenters. The number of hydrogen-bond donors (Lipinski definition) is 0. The first-order valence-corrected chi connectivity index (χ1v) is 11.7. The summed E-state index contributed by atoms with van der Waals surface area (Å²) in [5.41, 5.74) is 4.07. The summed E-state index contributed by atoms with van der Waals surface area (Å²) >= 11 is 1.37. The molecule has 0 N–H and O–H groups in total. The van der Waals surface area contributed by atoms with Gasteiger partial charge >= 0.3 is 0 Å². The molecule has 6 heteroatoms. The molecule has 0 saturated heterocycles. The summed E-state index contributed by atoms with van der Waals surface area (Å²) in [4.78, 5) is 12.8. The van der Waals surface area contributed by atoms with E-state index in [0.29, 0.717) is 29.7 Å². The predicted molar refractivity (Wildman–Crippen MR) is 133 cm³/mol. The van der Waals surface area contributed by atoms with Crippen LogP contribution >= 0.6 is 11.8 Å². The third-order valence-electron chi connectivity index (χ3n) is 5.14. The van der Waals surface area contributed by atoms with Crippen LogP contribution in [0.4, 0.5) is 0 Å². The monoisotopic (exact) mass is 455 g/mol. The van der Waals surface area contributed by atoms with Crippen molar-refractivity contribution in [1.82, 2.24) is 14.8 Å². The second-order valence-electron chi connectivity index (χ2n) is 7.56. The molecule has 0 bridgehead atoms. The Morgan fingerprint density at radius 1 is 0.970 bits per heavy atom. The van der Waals surface area contributed by atoms with Crippen molar-refractivity contribution >= 4 is 17.5 Å². The van der Waals surface area contributed by atoms with Crippen molar-refractivity contribution in [2.45, 2.75) is 25.2 Å². The summed E-state index contributed by atoms with van der Waals surface area (Å²) in [6.45, 7) is 6.70. The molecule has 4 rings (SSSR count). The molecule has 4 aromatic rings. The van der Waals surface area contributed by atoms with Crippen LogP contribution in [0.1, 0.15) is 21.7 Å². The van der Waals surface area contributed by atoms with Crippen molar-refractivity contribution in [3.05, 3.63) is 108 Å². The summed E-state index contributed by atoms with van der Waals surface area (Å²) in [5, 5.41) is 9.22. The maximum Gasteiger partial charge on any atom is 0.192 e. The average Bonchev–Trinajstić information content (AvgIpc) is 3.24. The summed E-state index contributed by atoms with van der Waals surface area (Å²) in [6.07, 6.45) is 1.78. The second-order valence-corrected chi connectivity index (χ2v) is 8.50. The minimum Gasteiger partial charge on any atom is -0.486 e. The smallest absolute Gasteiger partial charge is 0.192 e. The van der Waals surface area contributed by atoms with Gasteiger partial charge in [-0.15, -0.1) is 16.8 Å². The van der Waals surface area contributed by atoms with E-state index < -0.39 is 0 Å². The largest absolute Gasteiger partial charge is 0.486 e. The SMILES string of the molecule is C=CCn1c(COc2ccc(C)cc2)nnc1SCC(=O)c1ccc(-c2ccccc2)cc1. The quantitative estimate of drug-likeness (QED) is 0.167. The molecule has 166 valence electrons. The van der Waals surface area contributed by atoms with Crippen LogP contribution in [0.3, 0.4) is 0 Å². The van der Waals surface area contributed by atoms with Gasteiger partial charge in [0, 0.05) is 12.1 Å². The molecule has 33 heavy (non-hydrogen) atoms. The first-order chi connectivity index (χ1) is 16.1. The minimum absolute atomic E-state index is 0.0465. The van der Waals surface area contributed by atoms with Gasteiger partial charge in [0.2, 0.25) is 0 Å². The molecular weight excluding hydrogens is 430 g/mol. The molecule has 0 amide bonds. The molecule has 1 heterocycles. The standard InChI is InChI=1S/C27H25N3O2S/c1-3-17-30-26(18-32-24-15-9-20(2)10-16-24)28-29-27(30)33-19-25(31)23-13-11-22(12-14-23)21-7-5-4-6-8-21/h3-16H,1,17-19H2,2H3. The van der Waals surface area contributed by atoms with Gasteiger partial charge in [0.1, 0.15) is 12.4 Å². The molecule has 3 aromatic carbocycles. The number of Topliss-reactive ketones (excluding diaryl/α,β-unsaturated/α-hetero) is 1. The summed E-state index contributed by atoms with van der Waals surface area (Å²) in [6, 6.07) is 25.7. The van der Waals surface area contributed by atoms with E-state index in [1.165, 1.54) is 17.3 Å². The van der Waals surface area contributed by atoms with E-state index in [1.54, 1.807) is 6.08 Å². The molecule has 0 aliphatic heterocycles. The Morgan fingerprint density at radius 3 is 2.36 bits per heavy atom. The van der Waals surface area contributed by atoms with Crippen molar-refractivity contribution in [2.75, 3.05) is 5.75 Å². The molecule has 5 nitrogen and oxygen atoms in total. The number of ether oxygens (including phenoxy) is 1. The molecule has 0 radical (unpaired) electrons. The first kappa shape index (κ1) is 22.6. The third kappa shape index (κ3) is 5.79. The highest BCUT2D eigenvalue weighted by atomic mass is 32.2. The van der Waals surface area contributed by atoms with Crippen molar-refractivity contribution in [3.8, 4) is 16.9 Å². The van der Waals surface area contributed by atoms with Gasteiger partial charge in [-0.1, -0.05) is 90.1 Å². The Bertz CT molecular complexity index is 1220. The molecule has 0 unspecified atom stereocenters. The number of ketones is 1. The van der Waals surface area contributed by atoms with Crippen LogP contribution in [-0.4, -0.2) is 26.3 Å². The van der Waals surface area contributed by atoms with Crippen LogP contribution in [-0.2, 0) is 13.2 Å². The highest BCUT2D eigenvalue weighted by Crippen LogP contribution is 2.23. The van der Waals surface area contributed by atoms with Crippen molar-refractivity contribution < 1.29 is 9.53 Å². The van der Waals surface area contributed by atoms with E-state index in [2.05, 4.69) is 28.9 Å². The van der Waals surface area contributed by atoms with Gasteiger partial charge in [-0.25, -0.2) is 0 Å². The van der Waals surface area contributed by atoms with Crippen LogP contribution in [0.15, 0.2) is 96.7 Å². The fourth-order valence-corrected chi connectivity index (χ4v) is 4.18. The first-order valence-electron chi connectivity index (χ1n) is 10.7. The normalized spacial score (nSPS) is 10.7. The lowest BCUT2D eigenvalue weighted by atomic mass is 10.0. The zero-order valence-electron chi connectivity index (χ0n) is 18.5. The number of rotatable bonds is 10. The number of carbonyl (C=O) groups excluding carboxylic acids is 1. The fraction of sp³-hybridized carbons (Fsp3) is 0.148. The lowest BCUT2D eigenvalue weighted by Crippen LogP contribution is -2.09. The van der Waals surface area contributed by atoms with Crippen LogP contribution < -0.4 is 4.74 Å². The maximum absolute atomic E-state index is 12.8. The highest BCUT2D eigenvalue weighted by Gasteiger charge is 2.15. The molecule has 0 aliphatic rings. The topological polar surface area (TPSA) is 57.0 Å². The Morgan fingerprint density at radius 2 is 1.67 bits per heavy atom. The summed E-state index contributed by atoms with van der Waals surface area (Å²) in [5.74, 6) is 1.79. The van der Waals surface area contributed by atoms with Crippen LogP contribution in [0, 0.1) is 6.92 Å². The summed E-state index contributed by atoms with van der Waals surface area (Å²) < 4.78 is 7.78. The van der Waals surface area contributed by atoms with Gasteiger partial charge in [0.05, 0.1) is 5.75 Å². The summed E-state index contributed by atoms with van der Waals surface area (Å²) in [7, 11) is 0. The Balaban J connectivity index is 1.39. The molecule has 0 fully saturated rings. The number of allylic oxidation sites excluding steroid dienone is 1. The number of nitrogens with zero attached hydrogens (tertiary/aromatic N) is 3. The number of carbonyl (C=O) groups is 1. The van der Waals surface area contributed by atoms with Gasteiger partial charge in [0.25, 0.3) is 0 Å². The van der Waals surface area contributed by atoms with Crippen LogP contribution in [0.25, 0.3) is 11.1 Å². The van der Waals surface area contributed by atoms with Crippen LogP contribution in [0.2, 0.25) is 0 Å². The van der Waals surface area contributed by atoms with Crippen molar-refractivity contribution in [1.29, 1.82) is 0 Å². The molecule has 0 aliphatic carbocycles. The zero-order valence-corrected chi connectivity index (χ0v) is 19.3. The van der Waals surface area contributed by atoms with Gasteiger partial charge in [-0.2, -0.15) is 0 Å². The fourth-order valence-electron chi connectivity index (χ4n) is 3.32. The Kier molecular flexibility index (Phi) is 7.37. The Hall–Kier alpha value is -3.64. The zero-order chi connectivity index (χ0) is 23.0. The van der Waals surface area contributed by atoms with E-state index in [1.807, 2.05) is 78.2 Å². The lowest BCUT2D eigenvalue weighted by Gasteiger charge is -2.09. The second kappa shape index (κ2) is 10.8.